The number of carbonyl (C=O) groups is 1. The molecule has 1 aliphatic rings. The van der Waals surface area contributed by atoms with Crippen molar-refractivity contribution >= 4 is 11.6 Å². The van der Waals surface area contributed by atoms with Crippen molar-refractivity contribution in [3.63, 3.8) is 0 Å². The molecule has 0 bridgehead atoms. The second-order valence-corrected chi connectivity index (χ2v) is 5.65. The maximum atomic E-state index is 12.5. The summed E-state index contributed by atoms with van der Waals surface area (Å²) in [5, 5.41) is 6.92. The van der Waals surface area contributed by atoms with Crippen LogP contribution < -0.4 is 15.0 Å². The minimum Gasteiger partial charge on any atom is -0.433 e. The van der Waals surface area contributed by atoms with Gasteiger partial charge in [0.25, 0.3) is 5.91 Å². The molecule has 0 unspecified atom stereocenters. The second-order valence-electron chi connectivity index (χ2n) is 5.65. The van der Waals surface area contributed by atoms with Gasteiger partial charge in [-0.05, 0) is 18.6 Å². The summed E-state index contributed by atoms with van der Waals surface area (Å²) in [7, 11) is 1.74. The van der Waals surface area contributed by atoms with Crippen LogP contribution in [0.2, 0.25) is 0 Å². The largest absolute Gasteiger partial charge is 0.433 e. The number of hydrogen-bond donors (Lipinski definition) is 1. The molecule has 1 aliphatic heterocycles. The number of benzene rings is 1. The molecule has 6 nitrogen and oxygen atoms in total. The van der Waals surface area contributed by atoms with Gasteiger partial charge in [0.05, 0.1) is 17.4 Å². The Bertz CT molecular complexity index is 720. The highest BCUT2D eigenvalue weighted by atomic mass is 19.3. The van der Waals surface area contributed by atoms with Gasteiger partial charge in [0.15, 0.2) is 0 Å². The van der Waals surface area contributed by atoms with Crippen molar-refractivity contribution in [3.8, 4) is 5.75 Å². The molecule has 1 N–H and O–H groups in total. The molecule has 2 aromatic rings. The Kier molecular flexibility index (Phi) is 4.64. The minimum atomic E-state index is -2.87. The van der Waals surface area contributed by atoms with Crippen molar-refractivity contribution < 1.29 is 18.3 Å². The molecule has 1 amide bonds. The SMILES string of the molecule is Cn1cc(C(=O)N[C@@H]2CCN(c3ccccc3OC(F)F)C2)cn1. The predicted molar refractivity (Wildman–Crippen MR) is 84.4 cm³/mol. The van der Waals surface area contributed by atoms with Crippen molar-refractivity contribution in [1.29, 1.82) is 0 Å². The fourth-order valence-corrected chi connectivity index (χ4v) is 2.82. The Morgan fingerprint density at radius 3 is 2.92 bits per heavy atom. The summed E-state index contributed by atoms with van der Waals surface area (Å²) in [5.74, 6) is -0.0428. The number of aryl methyl sites for hydroxylation is 1. The van der Waals surface area contributed by atoms with Gasteiger partial charge in [0, 0.05) is 32.4 Å². The second kappa shape index (κ2) is 6.86. The number of aromatic nitrogens is 2. The van der Waals surface area contributed by atoms with E-state index in [1.54, 1.807) is 36.1 Å². The molecule has 3 rings (SSSR count). The predicted octanol–water partition coefficient (Wildman–Crippen LogP) is 2.03. The zero-order chi connectivity index (χ0) is 17.1. The van der Waals surface area contributed by atoms with Crippen LogP contribution in [0.1, 0.15) is 16.8 Å². The van der Waals surface area contributed by atoms with Gasteiger partial charge in [0.2, 0.25) is 0 Å². The van der Waals surface area contributed by atoms with Gasteiger partial charge in [-0.2, -0.15) is 13.9 Å². The summed E-state index contributed by atoms with van der Waals surface area (Å²) in [6.45, 7) is -1.67. The molecule has 8 heteroatoms. The molecule has 0 spiro atoms. The summed E-state index contributed by atoms with van der Waals surface area (Å²) in [6, 6.07) is 6.62. The Morgan fingerprint density at radius 1 is 1.42 bits per heavy atom. The lowest BCUT2D eigenvalue weighted by molar-refractivity contribution is -0.0495. The van der Waals surface area contributed by atoms with Gasteiger partial charge in [0.1, 0.15) is 5.75 Å². The molecule has 0 saturated carbocycles. The fourth-order valence-electron chi connectivity index (χ4n) is 2.82. The van der Waals surface area contributed by atoms with Gasteiger partial charge in [-0.25, -0.2) is 0 Å². The number of halogens is 2. The topological polar surface area (TPSA) is 59.4 Å². The first kappa shape index (κ1) is 16.2. The van der Waals surface area contributed by atoms with Crippen LogP contribution in [0.15, 0.2) is 36.7 Å². The van der Waals surface area contributed by atoms with E-state index in [0.29, 0.717) is 24.3 Å². The van der Waals surface area contributed by atoms with Crippen LogP contribution in [0.5, 0.6) is 5.75 Å². The maximum absolute atomic E-state index is 12.5. The van der Waals surface area contributed by atoms with Gasteiger partial charge in [-0.3, -0.25) is 9.48 Å². The Hall–Kier alpha value is -2.64. The van der Waals surface area contributed by atoms with Crippen molar-refractivity contribution in [2.24, 2.45) is 7.05 Å². The van der Waals surface area contributed by atoms with Crippen molar-refractivity contribution in [2.75, 3.05) is 18.0 Å². The third-order valence-corrected chi connectivity index (χ3v) is 3.91. The number of para-hydroxylation sites is 2. The number of carbonyl (C=O) groups excluding carboxylic acids is 1. The molecule has 24 heavy (non-hydrogen) atoms. The summed E-state index contributed by atoms with van der Waals surface area (Å²) in [6.07, 6.45) is 3.89. The van der Waals surface area contributed by atoms with Crippen molar-refractivity contribution in [3.05, 3.63) is 42.2 Å². The standard InChI is InChI=1S/C16H18F2N4O2/c1-21-9-11(8-19-21)15(23)20-12-6-7-22(10-12)13-4-2-3-5-14(13)24-16(17)18/h2-5,8-9,12,16H,6-7,10H2,1H3,(H,20,23)/t12-/m1/s1. The summed E-state index contributed by atoms with van der Waals surface area (Å²) in [4.78, 5) is 14.1. The molecule has 2 heterocycles. The van der Waals surface area contributed by atoms with E-state index in [1.165, 1.54) is 12.3 Å². The van der Waals surface area contributed by atoms with E-state index in [2.05, 4.69) is 15.2 Å². The summed E-state index contributed by atoms with van der Waals surface area (Å²) in [5.41, 5.74) is 1.10. The van der Waals surface area contributed by atoms with E-state index in [1.807, 2.05) is 4.90 Å². The number of nitrogens with zero attached hydrogens (tertiary/aromatic N) is 3. The molecule has 128 valence electrons. The van der Waals surface area contributed by atoms with Crippen LogP contribution in [-0.2, 0) is 7.05 Å². The zero-order valence-electron chi connectivity index (χ0n) is 13.2. The number of amides is 1. The van der Waals surface area contributed by atoms with Crippen LogP contribution in [0.4, 0.5) is 14.5 Å². The number of alkyl halides is 2. The van der Waals surface area contributed by atoms with E-state index in [0.717, 1.165) is 6.42 Å². The van der Waals surface area contributed by atoms with Crippen LogP contribution in [0, 0.1) is 0 Å². The highest BCUT2D eigenvalue weighted by molar-refractivity contribution is 5.94. The third-order valence-electron chi connectivity index (χ3n) is 3.91. The quantitative estimate of drug-likeness (QED) is 0.908. The molecule has 0 radical (unpaired) electrons. The van der Waals surface area contributed by atoms with Crippen molar-refractivity contribution in [2.45, 2.75) is 19.1 Å². The van der Waals surface area contributed by atoms with Crippen LogP contribution in [0.3, 0.4) is 0 Å². The van der Waals surface area contributed by atoms with Gasteiger partial charge in [-0.15, -0.1) is 0 Å². The smallest absolute Gasteiger partial charge is 0.387 e. The van der Waals surface area contributed by atoms with Gasteiger partial charge >= 0.3 is 6.61 Å². The number of anilines is 1. The highest BCUT2D eigenvalue weighted by Gasteiger charge is 2.27. The summed E-state index contributed by atoms with van der Waals surface area (Å²) < 4.78 is 31.2. The average Bonchev–Trinajstić information content (AvgIpc) is 3.16. The highest BCUT2D eigenvalue weighted by Crippen LogP contribution is 2.31. The number of nitrogens with one attached hydrogen (secondary N) is 1. The van der Waals surface area contributed by atoms with Crippen molar-refractivity contribution in [1.82, 2.24) is 15.1 Å². The normalized spacial score (nSPS) is 17.3. The monoisotopic (exact) mass is 336 g/mol. The van der Waals surface area contributed by atoms with E-state index in [-0.39, 0.29) is 17.7 Å². The van der Waals surface area contributed by atoms with E-state index in [9.17, 15) is 13.6 Å². The van der Waals surface area contributed by atoms with E-state index < -0.39 is 6.61 Å². The Morgan fingerprint density at radius 2 is 2.21 bits per heavy atom. The Labute approximate surface area is 138 Å². The first-order valence-corrected chi connectivity index (χ1v) is 7.61. The van der Waals surface area contributed by atoms with Gasteiger partial charge in [-0.1, -0.05) is 12.1 Å². The first-order valence-electron chi connectivity index (χ1n) is 7.61. The van der Waals surface area contributed by atoms with E-state index in [4.69, 9.17) is 0 Å². The molecule has 1 aromatic carbocycles. The molecule has 1 atom stereocenters. The molecule has 0 aliphatic carbocycles. The average molecular weight is 336 g/mol. The lowest BCUT2D eigenvalue weighted by atomic mass is 10.2. The molecule has 1 saturated heterocycles. The maximum Gasteiger partial charge on any atom is 0.387 e. The summed E-state index contributed by atoms with van der Waals surface area (Å²) >= 11 is 0. The minimum absolute atomic E-state index is 0.0580. The zero-order valence-corrected chi connectivity index (χ0v) is 13.2. The Balaban J connectivity index is 1.64. The molecule has 1 aromatic heterocycles. The molecule has 1 fully saturated rings. The first-order chi connectivity index (χ1) is 11.5. The lowest BCUT2D eigenvalue weighted by Gasteiger charge is -2.22. The fraction of sp³-hybridized carbons (Fsp3) is 0.375. The van der Waals surface area contributed by atoms with E-state index >= 15 is 0 Å². The lowest BCUT2D eigenvalue weighted by Crippen LogP contribution is -2.37. The molecular weight excluding hydrogens is 318 g/mol. The van der Waals surface area contributed by atoms with Crippen LogP contribution in [-0.4, -0.2) is 41.4 Å². The number of rotatable bonds is 5. The number of hydrogen-bond acceptors (Lipinski definition) is 4. The van der Waals surface area contributed by atoms with Crippen LogP contribution in [0.25, 0.3) is 0 Å². The third kappa shape index (κ3) is 3.64. The number of ether oxygens (including phenoxy) is 1. The van der Waals surface area contributed by atoms with Gasteiger partial charge < -0.3 is 15.0 Å². The van der Waals surface area contributed by atoms with Crippen LogP contribution >= 0.6 is 0 Å². The molecular formula is C16H18F2N4O2.